The Hall–Kier alpha value is -1.31. The van der Waals surface area contributed by atoms with Crippen LogP contribution in [0.3, 0.4) is 0 Å². The summed E-state index contributed by atoms with van der Waals surface area (Å²) in [5.41, 5.74) is 0.863. The maximum absolute atomic E-state index is 10.1. The van der Waals surface area contributed by atoms with Gasteiger partial charge in [0, 0.05) is 6.42 Å². The Morgan fingerprint density at radius 1 is 1.20 bits per heavy atom. The fraction of sp³-hybridized carbons (Fsp3) is 0.0833. The molecule has 0 amide bonds. The Labute approximate surface area is 99.8 Å². The zero-order valence-electron chi connectivity index (χ0n) is 8.11. The third kappa shape index (κ3) is 6.72. The van der Waals surface area contributed by atoms with Gasteiger partial charge in [0.2, 0.25) is 0 Å². The molecular weight excluding hydrogens is 232 g/mol. The van der Waals surface area contributed by atoms with Crippen molar-refractivity contribution in [3.05, 3.63) is 60.2 Å². The zero-order valence-corrected chi connectivity index (χ0v) is 9.22. The van der Waals surface area contributed by atoms with Crippen molar-refractivity contribution in [1.29, 1.82) is 0 Å². The summed E-state index contributed by atoms with van der Waals surface area (Å²) in [5.74, 6) is -0.777. The summed E-state index contributed by atoms with van der Waals surface area (Å²) in [6.45, 7) is 0. The molecule has 0 atom stereocenters. The van der Waals surface area contributed by atoms with Gasteiger partial charge in [-0.2, -0.15) is 35.9 Å². The summed E-state index contributed by atoms with van der Waals surface area (Å²) >= 11 is 0. The van der Waals surface area contributed by atoms with Gasteiger partial charge in [-0.3, -0.25) is 4.79 Å². The molecule has 2 rings (SSSR count). The van der Waals surface area contributed by atoms with Crippen LogP contribution in [-0.4, -0.2) is 11.1 Å². The molecule has 0 unspecified atom stereocenters. The fourth-order valence-electron chi connectivity index (χ4n) is 1.03. The van der Waals surface area contributed by atoms with Crippen molar-refractivity contribution in [1.82, 2.24) is 0 Å². The maximum atomic E-state index is 10.1. The van der Waals surface area contributed by atoms with Gasteiger partial charge < -0.3 is 5.11 Å². The van der Waals surface area contributed by atoms with Crippen molar-refractivity contribution in [2.24, 2.45) is 0 Å². The number of carboxylic acids is 1. The third-order valence-corrected chi connectivity index (χ3v) is 1.64. The fourth-order valence-corrected chi connectivity index (χ4v) is 1.03. The van der Waals surface area contributed by atoms with Crippen LogP contribution in [0, 0.1) is 0 Å². The van der Waals surface area contributed by atoms with Crippen LogP contribution in [0.4, 0.5) is 0 Å². The van der Waals surface area contributed by atoms with E-state index in [0.717, 1.165) is 5.56 Å². The molecule has 2 aromatic carbocycles. The van der Waals surface area contributed by atoms with Gasteiger partial charge >= 0.3 is 23.0 Å². The second kappa shape index (κ2) is 8.04. The summed E-state index contributed by atoms with van der Waals surface area (Å²) in [5, 5.41) is 8.29. The summed E-state index contributed by atoms with van der Waals surface area (Å²) in [6.07, 6.45) is 0.132. The summed E-state index contributed by atoms with van der Waals surface area (Å²) in [7, 11) is 0. The van der Waals surface area contributed by atoms with Crippen molar-refractivity contribution >= 4 is 5.97 Å². The van der Waals surface area contributed by atoms with Crippen LogP contribution in [0.1, 0.15) is 5.56 Å². The second-order valence-corrected chi connectivity index (χ2v) is 2.83. The predicted octanol–water partition coefficient (Wildman–Crippen LogP) is 2.44. The first-order valence-corrected chi connectivity index (χ1v) is 4.38. The van der Waals surface area contributed by atoms with Crippen molar-refractivity contribution in [2.45, 2.75) is 6.42 Å². The molecule has 78 valence electrons. The molecular formula is C12H12FeO2+2. The molecule has 0 spiro atoms. The minimum Gasteiger partial charge on any atom is -0.481 e. The number of aliphatic carboxylic acids is 1. The third-order valence-electron chi connectivity index (χ3n) is 1.64. The smallest absolute Gasteiger partial charge is 0.481 e. The molecule has 0 saturated heterocycles. The molecule has 2 nitrogen and oxygen atoms in total. The Kier molecular flexibility index (Phi) is 7.33. The van der Waals surface area contributed by atoms with Gasteiger partial charge in [-0.25, -0.2) is 24.3 Å². The zero-order chi connectivity index (χ0) is 10.2. The second-order valence-electron chi connectivity index (χ2n) is 2.83. The SMILES string of the molecule is O=C(O)Cc1ccc[cH-]1.[Fe+4].c1cc[cH-]c1. The van der Waals surface area contributed by atoms with Crippen molar-refractivity contribution < 1.29 is 27.0 Å². The Balaban J connectivity index is 0.000000280. The van der Waals surface area contributed by atoms with Crippen LogP contribution < -0.4 is 0 Å². The summed E-state index contributed by atoms with van der Waals surface area (Å²) in [6, 6.07) is 17.3. The number of hydrogen-bond donors (Lipinski definition) is 1. The van der Waals surface area contributed by atoms with Gasteiger partial charge in [-0.15, -0.1) is 0 Å². The van der Waals surface area contributed by atoms with Crippen LogP contribution in [0.2, 0.25) is 0 Å². The van der Waals surface area contributed by atoms with Gasteiger partial charge in [0.05, 0.1) is 0 Å². The molecule has 0 bridgehead atoms. The van der Waals surface area contributed by atoms with Gasteiger partial charge in [0.1, 0.15) is 0 Å². The quantitative estimate of drug-likeness (QED) is 0.650. The van der Waals surface area contributed by atoms with E-state index in [2.05, 4.69) is 0 Å². The van der Waals surface area contributed by atoms with E-state index >= 15 is 0 Å². The first-order valence-electron chi connectivity index (χ1n) is 4.38. The van der Waals surface area contributed by atoms with Crippen LogP contribution in [0.15, 0.2) is 54.6 Å². The van der Waals surface area contributed by atoms with Gasteiger partial charge in [0.25, 0.3) is 0 Å². The number of rotatable bonds is 2. The van der Waals surface area contributed by atoms with Crippen molar-refractivity contribution in [3.63, 3.8) is 0 Å². The molecule has 0 aliphatic heterocycles. The molecule has 0 fully saturated rings. The standard InChI is InChI=1S/C7H7O2.C5H5.Fe/c8-7(9)5-6-3-1-2-4-6;1-2-4-5-3-1;/h1-4H,5H2,(H,8,9);1-5H;/q2*-1;+4. The summed E-state index contributed by atoms with van der Waals surface area (Å²) < 4.78 is 0. The van der Waals surface area contributed by atoms with Gasteiger partial charge in [-0.05, 0) is 0 Å². The Morgan fingerprint density at radius 2 is 1.87 bits per heavy atom. The van der Waals surface area contributed by atoms with E-state index in [0.29, 0.717) is 0 Å². The molecule has 0 radical (unpaired) electrons. The molecule has 0 aromatic heterocycles. The molecule has 0 saturated carbocycles. The Morgan fingerprint density at radius 3 is 2.20 bits per heavy atom. The van der Waals surface area contributed by atoms with E-state index in [-0.39, 0.29) is 23.5 Å². The molecule has 0 aliphatic carbocycles. The van der Waals surface area contributed by atoms with Crippen molar-refractivity contribution in [2.75, 3.05) is 0 Å². The molecule has 0 heterocycles. The molecule has 0 aliphatic rings. The van der Waals surface area contributed by atoms with Crippen LogP contribution in [0.5, 0.6) is 0 Å². The number of carboxylic acid groups (broad SMARTS) is 1. The van der Waals surface area contributed by atoms with Crippen molar-refractivity contribution in [3.8, 4) is 0 Å². The van der Waals surface area contributed by atoms with E-state index in [1.54, 1.807) is 12.1 Å². The average molecular weight is 244 g/mol. The molecule has 15 heavy (non-hydrogen) atoms. The van der Waals surface area contributed by atoms with Gasteiger partial charge in [-0.1, -0.05) is 0 Å². The van der Waals surface area contributed by atoms with E-state index in [9.17, 15) is 4.79 Å². The largest absolute Gasteiger partial charge is 4.00 e. The topological polar surface area (TPSA) is 37.3 Å². The van der Waals surface area contributed by atoms with E-state index in [1.165, 1.54) is 0 Å². The van der Waals surface area contributed by atoms with Crippen LogP contribution in [0.25, 0.3) is 0 Å². The predicted molar refractivity (Wildman–Crippen MR) is 55.4 cm³/mol. The monoisotopic (exact) mass is 244 g/mol. The van der Waals surface area contributed by atoms with Crippen LogP contribution in [-0.2, 0) is 28.3 Å². The summed E-state index contributed by atoms with van der Waals surface area (Å²) in [4.78, 5) is 10.1. The number of carbonyl (C=O) groups is 1. The first kappa shape index (κ1) is 13.7. The first-order chi connectivity index (χ1) is 6.79. The molecule has 3 heteroatoms. The normalized spacial score (nSPS) is 8.27. The van der Waals surface area contributed by atoms with Gasteiger partial charge in [0.15, 0.2) is 0 Å². The molecule has 1 N–H and O–H groups in total. The van der Waals surface area contributed by atoms with E-state index in [1.807, 2.05) is 42.5 Å². The molecule has 2 aromatic rings. The average Bonchev–Trinajstić information content (AvgIpc) is 2.75. The van der Waals surface area contributed by atoms with E-state index < -0.39 is 5.97 Å². The minimum absolute atomic E-state index is 0. The number of hydrogen-bond acceptors (Lipinski definition) is 1. The Bertz CT molecular complexity index is 318. The maximum Gasteiger partial charge on any atom is 4.00 e. The van der Waals surface area contributed by atoms with Crippen LogP contribution >= 0.6 is 0 Å². The van der Waals surface area contributed by atoms with E-state index in [4.69, 9.17) is 5.11 Å². The minimum atomic E-state index is -0.777.